The second kappa shape index (κ2) is 9.88. The number of aryl methyl sites for hydroxylation is 1. The molecule has 0 atom stereocenters. The van der Waals surface area contributed by atoms with Crippen molar-refractivity contribution in [1.82, 2.24) is 8.87 Å². The highest BCUT2D eigenvalue weighted by Gasteiger charge is 2.29. The number of carbonyl (C=O) groups is 1. The average Bonchev–Trinajstić information content (AvgIpc) is 3.16. The summed E-state index contributed by atoms with van der Waals surface area (Å²) < 4.78 is 30.3. The fourth-order valence-corrected chi connectivity index (χ4v) is 7.53. The van der Waals surface area contributed by atoms with Crippen LogP contribution < -0.4 is 4.80 Å². The number of hydrogen-bond donors (Lipinski definition) is 0. The standard InChI is InChI=1S/C23H25Cl2N3O3S2/c1-3-28-21-19(25)13-16(24)14-20(21)32-23(28)26-22(29)15-9-11-18(12-10-15)33(30,31)27(2)17-7-5-4-6-8-17/h9-14,17H,3-8H2,1-2H3. The maximum absolute atomic E-state index is 13.0. The van der Waals surface area contributed by atoms with Crippen LogP contribution >= 0.6 is 34.5 Å². The number of halogens is 2. The molecule has 0 bridgehead atoms. The predicted molar refractivity (Wildman–Crippen MR) is 134 cm³/mol. The highest BCUT2D eigenvalue weighted by atomic mass is 35.5. The summed E-state index contributed by atoms with van der Waals surface area (Å²) in [5, 5.41) is 1.02. The van der Waals surface area contributed by atoms with Crippen molar-refractivity contribution < 1.29 is 13.2 Å². The van der Waals surface area contributed by atoms with Crippen LogP contribution in [0.4, 0.5) is 0 Å². The number of hydrogen-bond acceptors (Lipinski definition) is 4. The zero-order valence-corrected chi connectivity index (χ0v) is 21.6. The van der Waals surface area contributed by atoms with Crippen molar-refractivity contribution >= 4 is 60.7 Å². The number of amides is 1. The molecule has 176 valence electrons. The van der Waals surface area contributed by atoms with Gasteiger partial charge in [0.2, 0.25) is 10.0 Å². The smallest absolute Gasteiger partial charge is 0.279 e. The first-order valence-electron chi connectivity index (χ1n) is 10.9. The lowest BCUT2D eigenvalue weighted by Crippen LogP contribution is -2.38. The van der Waals surface area contributed by atoms with E-state index >= 15 is 0 Å². The summed E-state index contributed by atoms with van der Waals surface area (Å²) in [5.41, 5.74) is 1.10. The first-order valence-corrected chi connectivity index (χ1v) is 13.9. The SMILES string of the molecule is CCn1c(=NC(=O)c2ccc(S(=O)(=O)N(C)C3CCCCC3)cc2)sc2cc(Cl)cc(Cl)c21. The lowest BCUT2D eigenvalue weighted by atomic mass is 9.96. The summed E-state index contributed by atoms with van der Waals surface area (Å²) in [6, 6.07) is 9.48. The van der Waals surface area contributed by atoms with Gasteiger partial charge in [-0.15, -0.1) is 0 Å². The Balaban J connectivity index is 1.63. The summed E-state index contributed by atoms with van der Waals surface area (Å²) in [5.74, 6) is -0.449. The predicted octanol–water partition coefficient (Wildman–Crippen LogP) is 5.72. The number of sulfonamides is 1. The molecule has 0 saturated heterocycles. The number of benzene rings is 2. The van der Waals surface area contributed by atoms with Crippen molar-refractivity contribution in [3.05, 3.63) is 56.8 Å². The van der Waals surface area contributed by atoms with Gasteiger partial charge in [-0.3, -0.25) is 4.79 Å². The molecule has 0 aliphatic heterocycles. The fourth-order valence-electron chi connectivity index (χ4n) is 4.24. The Kier molecular flexibility index (Phi) is 7.31. The molecule has 2 aromatic carbocycles. The molecule has 1 aliphatic carbocycles. The van der Waals surface area contributed by atoms with Crippen molar-refractivity contribution in [1.29, 1.82) is 0 Å². The van der Waals surface area contributed by atoms with Crippen LogP contribution in [0.2, 0.25) is 10.0 Å². The molecular weight excluding hydrogens is 501 g/mol. The monoisotopic (exact) mass is 525 g/mol. The minimum atomic E-state index is -3.61. The molecule has 0 spiro atoms. The molecule has 10 heteroatoms. The van der Waals surface area contributed by atoms with E-state index < -0.39 is 15.9 Å². The molecule has 1 aliphatic rings. The van der Waals surface area contributed by atoms with E-state index in [-0.39, 0.29) is 10.9 Å². The quantitative estimate of drug-likeness (QED) is 0.427. The summed E-state index contributed by atoms with van der Waals surface area (Å²) in [6.07, 6.45) is 5.01. The third-order valence-corrected chi connectivity index (χ3v) is 9.53. The Morgan fingerprint density at radius 1 is 1.15 bits per heavy atom. The van der Waals surface area contributed by atoms with Crippen LogP contribution in [0.25, 0.3) is 10.2 Å². The average molecular weight is 527 g/mol. The topological polar surface area (TPSA) is 71.7 Å². The van der Waals surface area contributed by atoms with Gasteiger partial charge in [0, 0.05) is 30.2 Å². The number of carbonyl (C=O) groups excluding carboxylic acids is 1. The summed E-state index contributed by atoms with van der Waals surface area (Å²) in [6.45, 7) is 2.53. The molecule has 0 unspecified atom stereocenters. The van der Waals surface area contributed by atoms with E-state index in [1.165, 1.54) is 39.9 Å². The van der Waals surface area contributed by atoms with Crippen LogP contribution in [0.15, 0.2) is 46.3 Å². The van der Waals surface area contributed by atoms with E-state index in [0.29, 0.717) is 27.0 Å². The van der Waals surface area contributed by atoms with Crippen LogP contribution in [-0.2, 0) is 16.6 Å². The first kappa shape index (κ1) is 24.4. The second-order valence-electron chi connectivity index (χ2n) is 8.12. The molecule has 1 amide bonds. The Labute approximate surface area is 207 Å². The molecule has 0 N–H and O–H groups in total. The van der Waals surface area contributed by atoms with Gasteiger partial charge in [0.05, 0.1) is 20.1 Å². The van der Waals surface area contributed by atoms with Gasteiger partial charge in [0.1, 0.15) is 0 Å². The Morgan fingerprint density at radius 2 is 1.82 bits per heavy atom. The van der Waals surface area contributed by atoms with Crippen LogP contribution in [-0.4, -0.2) is 36.3 Å². The van der Waals surface area contributed by atoms with E-state index in [4.69, 9.17) is 23.2 Å². The van der Waals surface area contributed by atoms with E-state index in [1.54, 1.807) is 19.2 Å². The molecule has 1 fully saturated rings. The Hall–Kier alpha value is -1.71. The third kappa shape index (κ3) is 4.91. The van der Waals surface area contributed by atoms with Crippen LogP contribution in [0.5, 0.6) is 0 Å². The molecule has 33 heavy (non-hydrogen) atoms. The molecule has 6 nitrogen and oxygen atoms in total. The van der Waals surface area contributed by atoms with Gasteiger partial charge in [-0.1, -0.05) is 53.8 Å². The summed E-state index contributed by atoms with van der Waals surface area (Å²) in [7, 11) is -1.97. The molecule has 1 aromatic heterocycles. The summed E-state index contributed by atoms with van der Waals surface area (Å²) >= 11 is 13.8. The van der Waals surface area contributed by atoms with E-state index in [9.17, 15) is 13.2 Å². The maximum Gasteiger partial charge on any atom is 0.279 e. The Bertz CT molecular complexity index is 1360. The van der Waals surface area contributed by atoms with Gasteiger partial charge in [-0.2, -0.15) is 9.30 Å². The maximum atomic E-state index is 13.0. The van der Waals surface area contributed by atoms with Gasteiger partial charge in [0.15, 0.2) is 4.80 Å². The molecule has 1 saturated carbocycles. The fraction of sp³-hybridized carbons (Fsp3) is 0.391. The van der Waals surface area contributed by atoms with Crippen molar-refractivity contribution in [2.75, 3.05) is 7.05 Å². The van der Waals surface area contributed by atoms with Gasteiger partial charge in [-0.05, 0) is 56.2 Å². The molecule has 3 aromatic rings. The normalized spacial score (nSPS) is 16.1. The molecule has 1 heterocycles. The van der Waals surface area contributed by atoms with E-state index in [1.807, 2.05) is 11.5 Å². The zero-order valence-electron chi connectivity index (χ0n) is 18.4. The number of thiazole rings is 1. The van der Waals surface area contributed by atoms with E-state index in [0.717, 1.165) is 42.3 Å². The highest BCUT2D eigenvalue weighted by Crippen LogP contribution is 2.30. The summed E-state index contributed by atoms with van der Waals surface area (Å²) in [4.78, 5) is 17.8. The number of fused-ring (bicyclic) bond motifs is 1. The zero-order chi connectivity index (χ0) is 23.8. The second-order valence-corrected chi connectivity index (χ2v) is 12.0. The number of rotatable bonds is 5. The third-order valence-electron chi connectivity index (χ3n) is 6.08. The van der Waals surface area contributed by atoms with Crippen molar-refractivity contribution in [3.63, 3.8) is 0 Å². The molecule has 4 rings (SSSR count). The van der Waals surface area contributed by atoms with Crippen molar-refractivity contribution in [2.24, 2.45) is 4.99 Å². The van der Waals surface area contributed by atoms with E-state index in [2.05, 4.69) is 4.99 Å². The minimum absolute atomic E-state index is 0.0258. The van der Waals surface area contributed by atoms with Crippen molar-refractivity contribution in [3.8, 4) is 0 Å². The first-order chi connectivity index (χ1) is 15.7. The van der Waals surface area contributed by atoms with Crippen molar-refractivity contribution in [2.45, 2.75) is 56.5 Å². The minimum Gasteiger partial charge on any atom is -0.315 e. The lowest BCUT2D eigenvalue weighted by Gasteiger charge is -2.30. The highest BCUT2D eigenvalue weighted by molar-refractivity contribution is 7.89. The Morgan fingerprint density at radius 3 is 2.45 bits per heavy atom. The van der Waals surface area contributed by atoms with Crippen LogP contribution in [0, 0.1) is 0 Å². The largest absolute Gasteiger partial charge is 0.315 e. The molecule has 0 radical (unpaired) electrons. The van der Waals surface area contributed by atoms with Gasteiger partial charge in [0.25, 0.3) is 5.91 Å². The number of nitrogens with zero attached hydrogens (tertiary/aromatic N) is 3. The molecular formula is C23H25Cl2N3O3S2. The van der Waals surface area contributed by atoms with Crippen LogP contribution in [0.1, 0.15) is 49.4 Å². The lowest BCUT2D eigenvalue weighted by molar-refractivity contribution is 0.0997. The number of aromatic nitrogens is 1. The van der Waals surface area contributed by atoms with Gasteiger partial charge in [-0.25, -0.2) is 8.42 Å². The van der Waals surface area contributed by atoms with Gasteiger partial charge < -0.3 is 4.57 Å². The van der Waals surface area contributed by atoms with Crippen LogP contribution in [0.3, 0.4) is 0 Å². The van der Waals surface area contributed by atoms with Gasteiger partial charge >= 0.3 is 0 Å².